The van der Waals surface area contributed by atoms with Crippen molar-refractivity contribution in [3.05, 3.63) is 74.5 Å². The number of nitrogens with zero attached hydrogens (tertiary/aromatic N) is 4. The molecule has 0 saturated carbocycles. The highest BCUT2D eigenvalue weighted by Crippen LogP contribution is 2.25. The molecule has 0 unspecified atom stereocenters. The van der Waals surface area contributed by atoms with Crippen LogP contribution in [0.4, 0.5) is 0 Å². The van der Waals surface area contributed by atoms with Crippen molar-refractivity contribution in [1.82, 2.24) is 14.3 Å². The van der Waals surface area contributed by atoms with Crippen LogP contribution in [0, 0.1) is 25.2 Å². The number of thioether (sulfide) groups is 1. The molecule has 0 atom stereocenters. The van der Waals surface area contributed by atoms with Crippen molar-refractivity contribution in [2.24, 2.45) is 0 Å². The maximum atomic E-state index is 13.2. The van der Waals surface area contributed by atoms with E-state index in [1.54, 1.807) is 11.8 Å². The predicted molar refractivity (Wildman–Crippen MR) is 123 cm³/mol. The van der Waals surface area contributed by atoms with Crippen molar-refractivity contribution in [3.63, 3.8) is 0 Å². The molecule has 0 aliphatic heterocycles. The van der Waals surface area contributed by atoms with E-state index < -0.39 is 5.56 Å². The first-order chi connectivity index (χ1) is 14.9. The highest BCUT2D eigenvalue weighted by Gasteiger charge is 2.21. The fourth-order valence-corrected chi connectivity index (χ4v) is 4.41. The van der Waals surface area contributed by atoms with Crippen LogP contribution in [0.5, 0.6) is 0 Å². The van der Waals surface area contributed by atoms with E-state index in [1.165, 1.54) is 0 Å². The minimum atomic E-state index is -0.508. The molecule has 1 aromatic carbocycles. The lowest BCUT2D eigenvalue weighted by Gasteiger charge is -2.12. The molecular formula is C24H26N4O2S. The average molecular weight is 435 g/mol. The highest BCUT2D eigenvalue weighted by molar-refractivity contribution is 7.98. The van der Waals surface area contributed by atoms with Crippen molar-refractivity contribution >= 4 is 17.5 Å². The third kappa shape index (κ3) is 4.21. The number of ketones is 1. The molecule has 160 valence electrons. The van der Waals surface area contributed by atoms with Gasteiger partial charge in [-0.15, -0.1) is 11.8 Å². The Labute approximate surface area is 186 Å². The van der Waals surface area contributed by atoms with Crippen molar-refractivity contribution in [2.75, 3.05) is 6.26 Å². The molecule has 3 rings (SSSR count). The lowest BCUT2D eigenvalue weighted by atomic mass is 10.0. The van der Waals surface area contributed by atoms with E-state index in [-0.39, 0.29) is 17.9 Å². The second-order valence-corrected chi connectivity index (χ2v) is 8.21. The summed E-state index contributed by atoms with van der Waals surface area (Å²) in [6.07, 6.45) is 3.17. The lowest BCUT2D eigenvalue weighted by Crippen LogP contribution is -2.31. The SMILES string of the molecule is CCc1nn(CC(=O)c2cc(C)n(-c3cccc(SC)c3)c2C)c(=O)c(C#N)c1CC. The van der Waals surface area contributed by atoms with Crippen molar-refractivity contribution in [2.45, 2.75) is 52.0 Å². The second-order valence-electron chi connectivity index (χ2n) is 7.33. The molecule has 0 saturated heterocycles. The minimum absolute atomic E-state index is 0.0847. The van der Waals surface area contributed by atoms with Gasteiger partial charge in [0.2, 0.25) is 0 Å². The monoisotopic (exact) mass is 434 g/mol. The molecule has 0 N–H and O–H groups in total. The molecule has 6 nitrogen and oxygen atoms in total. The number of hydrogen-bond donors (Lipinski definition) is 0. The number of aryl methyl sites for hydroxylation is 2. The van der Waals surface area contributed by atoms with Gasteiger partial charge in [-0.3, -0.25) is 9.59 Å². The number of carbonyl (C=O) groups excluding carboxylic acids is 1. The van der Waals surface area contributed by atoms with Gasteiger partial charge >= 0.3 is 0 Å². The van der Waals surface area contributed by atoms with Crippen LogP contribution >= 0.6 is 11.8 Å². The van der Waals surface area contributed by atoms with E-state index in [0.29, 0.717) is 29.7 Å². The first-order valence-corrected chi connectivity index (χ1v) is 11.5. The first kappa shape index (κ1) is 22.6. The van der Waals surface area contributed by atoms with Crippen LogP contribution < -0.4 is 5.56 Å². The second kappa shape index (κ2) is 9.36. The quantitative estimate of drug-likeness (QED) is 0.410. The third-order valence-electron chi connectivity index (χ3n) is 5.48. The molecule has 0 aliphatic rings. The van der Waals surface area contributed by atoms with Gasteiger partial charge in [-0.05, 0) is 62.8 Å². The lowest BCUT2D eigenvalue weighted by molar-refractivity contribution is 0.0964. The summed E-state index contributed by atoms with van der Waals surface area (Å²) in [6.45, 7) is 7.49. The Bertz CT molecular complexity index is 1250. The molecule has 7 heteroatoms. The number of Topliss-reactive ketones (excluding diaryl/α,β-unsaturated/α-hetero) is 1. The minimum Gasteiger partial charge on any atom is -0.318 e. The van der Waals surface area contributed by atoms with Crippen LogP contribution in [0.15, 0.2) is 40.0 Å². The molecule has 0 amide bonds. The van der Waals surface area contributed by atoms with E-state index in [1.807, 2.05) is 68.9 Å². The molecule has 0 fully saturated rings. The summed E-state index contributed by atoms with van der Waals surface area (Å²) in [6, 6.07) is 12.0. The van der Waals surface area contributed by atoms with E-state index in [9.17, 15) is 14.9 Å². The van der Waals surface area contributed by atoms with E-state index >= 15 is 0 Å². The Morgan fingerprint density at radius 3 is 2.55 bits per heavy atom. The van der Waals surface area contributed by atoms with Crippen LogP contribution in [-0.4, -0.2) is 26.4 Å². The normalized spacial score (nSPS) is 10.8. The van der Waals surface area contributed by atoms with Gasteiger partial charge in [0.25, 0.3) is 5.56 Å². The number of rotatable bonds is 7. The van der Waals surface area contributed by atoms with Gasteiger partial charge in [-0.2, -0.15) is 10.4 Å². The molecule has 2 heterocycles. The predicted octanol–water partition coefficient (Wildman–Crippen LogP) is 4.25. The van der Waals surface area contributed by atoms with E-state index in [0.717, 1.165) is 26.7 Å². The average Bonchev–Trinajstić information content (AvgIpc) is 3.08. The Kier molecular flexibility index (Phi) is 6.81. The standard InChI is InChI=1S/C24H26N4O2S/c1-6-19-21(13-25)24(30)27(26-22(19)7-2)14-23(29)20-11-15(3)28(16(20)4)17-9-8-10-18(12-17)31-5/h8-12H,6-7,14H2,1-5H3. The summed E-state index contributed by atoms with van der Waals surface area (Å²) in [5, 5.41) is 13.9. The summed E-state index contributed by atoms with van der Waals surface area (Å²) >= 11 is 1.66. The smallest absolute Gasteiger partial charge is 0.285 e. The molecule has 0 bridgehead atoms. The molecule has 3 aromatic rings. The van der Waals surface area contributed by atoms with Gasteiger partial charge in [-0.1, -0.05) is 19.9 Å². The Balaban J connectivity index is 2.03. The third-order valence-corrected chi connectivity index (χ3v) is 6.20. The number of nitriles is 1. The van der Waals surface area contributed by atoms with Gasteiger partial charge in [-0.25, -0.2) is 4.68 Å². The molecular weight excluding hydrogens is 408 g/mol. The number of aromatic nitrogens is 3. The van der Waals surface area contributed by atoms with Gasteiger partial charge in [0.05, 0.1) is 5.69 Å². The Morgan fingerprint density at radius 2 is 1.94 bits per heavy atom. The van der Waals surface area contributed by atoms with Crippen molar-refractivity contribution in [1.29, 1.82) is 5.26 Å². The van der Waals surface area contributed by atoms with Crippen LogP contribution in [-0.2, 0) is 19.4 Å². The summed E-state index contributed by atoms with van der Waals surface area (Å²) in [5.41, 5.74) is 4.23. The molecule has 31 heavy (non-hydrogen) atoms. The van der Waals surface area contributed by atoms with Gasteiger partial charge in [0.15, 0.2) is 5.78 Å². The van der Waals surface area contributed by atoms with Gasteiger partial charge in [0.1, 0.15) is 18.2 Å². The zero-order valence-electron chi connectivity index (χ0n) is 18.5. The van der Waals surface area contributed by atoms with E-state index in [4.69, 9.17) is 0 Å². The Morgan fingerprint density at radius 1 is 1.19 bits per heavy atom. The summed E-state index contributed by atoms with van der Waals surface area (Å²) in [5.74, 6) is -0.204. The Hall–Kier alpha value is -3.11. The zero-order valence-corrected chi connectivity index (χ0v) is 19.3. The van der Waals surface area contributed by atoms with Crippen LogP contribution in [0.25, 0.3) is 5.69 Å². The number of hydrogen-bond acceptors (Lipinski definition) is 5. The topological polar surface area (TPSA) is 80.7 Å². The van der Waals surface area contributed by atoms with Gasteiger partial charge in [0, 0.05) is 27.5 Å². The van der Waals surface area contributed by atoms with Crippen LogP contribution in [0.1, 0.15) is 52.4 Å². The van der Waals surface area contributed by atoms with Crippen molar-refractivity contribution in [3.8, 4) is 11.8 Å². The molecule has 0 radical (unpaired) electrons. The summed E-state index contributed by atoms with van der Waals surface area (Å²) in [7, 11) is 0. The maximum Gasteiger partial charge on any atom is 0.285 e. The highest BCUT2D eigenvalue weighted by atomic mass is 32.2. The zero-order chi connectivity index (χ0) is 22.7. The van der Waals surface area contributed by atoms with Crippen LogP contribution in [0.2, 0.25) is 0 Å². The number of carbonyl (C=O) groups is 1. The van der Waals surface area contributed by atoms with E-state index in [2.05, 4.69) is 11.2 Å². The van der Waals surface area contributed by atoms with Gasteiger partial charge < -0.3 is 4.57 Å². The summed E-state index contributed by atoms with van der Waals surface area (Å²) < 4.78 is 3.18. The molecule has 2 aromatic heterocycles. The van der Waals surface area contributed by atoms with Crippen LogP contribution in [0.3, 0.4) is 0 Å². The maximum absolute atomic E-state index is 13.2. The molecule has 0 spiro atoms. The number of benzene rings is 1. The molecule has 0 aliphatic carbocycles. The first-order valence-electron chi connectivity index (χ1n) is 10.3. The fraction of sp³-hybridized carbons (Fsp3) is 0.333. The fourth-order valence-electron chi connectivity index (χ4n) is 3.95. The van der Waals surface area contributed by atoms with Crippen molar-refractivity contribution < 1.29 is 4.79 Å². The summed E-state index contributed by atoms with van der Waals surface area (Å²) in [4.78, 5) is 27.1. The largest absolute Gasteiger partial charge is 0.318 e.